The van der Waals surface area contributed by atoms with Crippen molar-refractivity contribution in [1.82, 2.24) is 21.3 Å². The SMILES string of the molecule is C[C@@H](NC(C)(C)C)[C@@H](O)c1cccc(Cl)c1.C[C@@H](NC(C)(C)C)[C@H](O)c1cccc(Cl)c1.C[C@H](NC(C)(C)C)[C@@H](O)c1cccc(Cl)c1.C[C@H](NC(C)(C)C)[C@H](O)c1cccc(Cl)c1. The molecule has 0 aliphatic carbocycles. The highest BCUT2D eigenvalue weighted by Crippen LogP contribution is 2.25. The molecule has 360 valence electrons. The Hall–Kier alpha value is -2.28. The molecule has 0 unspecified atom stereocenters. The van der Waals surface area contributed by atoms with Crippen molar-refractivity contribution in [2.45, 2.75) is 182 Å². The molecule has 8 nitrogen and oxygen atoms in total. The van der Waals surface area contributed by atoms with Gasteiger partial charge >= 0.3 is 0 Å². The van der Waals surface area contributed by atoms with Gasteiger partial charge in [0.05, 0.1) is 24.4 Å². The van der Waals surface area contributed by atoms with E-state index in [1.807, 2.05) is 76.2 Å². The lowest BCUT2D eigenvalue weighted by molar-refractivity contribution is 0.121. The lowest BCUT2D eigenvalue weighted by atomic mass is 10.00. The second-order valence-electron chi connectivity index (χ2n) is 20.7. The van der Waals surface area contributed by atoms with E-state index in [0.717, 1.165) is 22.3 Å². The molecule has 12 heteroatoms. The molecule has 0 fully saturated rings. The van der Waals surface area contributed by atoms with E-state index in [9.17, 15) is 20.4 Å². The third-order valence-corrected chi connectivity index (χ3v) is 10.2. The molecule has 8 N–H and O–H groups in total. The zero-order chi connectivity index (χ0) is 49.4. The van der Waals surface area contributed by atoms with Crippen LogP contribution in [-0.2, 0) is 0 Å². The Morgan fingerprint density at radius 1 is 0.328 bits per heavy atom. The van der Waals surface area contributed by atoms with Crippen molar-refractivity contribution in [1.29, 1.82) is 0 Å². The molecule has 0 aliphatic rings. The molecule has 8 atom stereocenters. The van der Waals surface area contributed by atoms with Crippen molar-refractivity contribution in [3.05, 3.63) is 139 Å². The van der Waals surface area contributed by atoms with E-state index in [2.05, 4.69) is 104 Å². The summed E-state index contributed by atoms with van der Waals surface area (Å²) in [5.41, 5.74) is 3.32. The normalized spacial score (nSPS) is 15.9. The predicted octanol–water partition coefficient (Wildman–Crippen LogP) is 12.6. The van der Waals surface area contributed by atoms with Crippen LogP contribution in [0.3, 0.4) is 0 Å². The lowest BCUT2D eigenvalue weighted by Gasteiger charge is -2.29. The Balaban J connectivity index is 0.000000427. The maximum Gasteiger partial charge on any atom is 0.0940 e. The van der Waals surface area contributed by atoms with Crippen molar-refractivity contribution in [2.75, 3.05) is 0 Å². The van der Waals surface area contributed by atoms with E-state index in [-0.39, 0.29) is 46.3 Å². The molecule has 0 saturated heterocycles. The van der Waals surface area contributed by atoms with Crippen LogP contribution in [0.1, 0.15) is 157 Å². The standard InChI is InChI=1S/4C13H20ClNO/c4*1-9(15-13(2,3)4)12(16)10-6-5-7-11(14)8-10/h4*5-9,12,15-16H,1-4H3/t2*9-,12+;2*9-,12-/m1010/s1. The molecule has 0 aromatic heterocycles. The number of aliphatic hydroxyl groups excluding tert-OH is 4. The number of nitrogens with one attached hydrogen (secondary N) is 4. The van der Waals surface area contributed by atoms with Gasteiger partial charge in [-0.3, -0.25) is 0 Å². The molecule has 4 aromatic carbocycles. The molecule has 0 amide bonds. The van der Waals surface area contributed by atoms with Gasteiger partial charge in [-0.1, -0.05) is 94.9 Å². The fraction of sp³-hybridized carbons (Fsp3) is 0.538. The summed E-state index contributed by atoms with van der Waals surface area (Å²) in [4.78, 5) is 0. The molecule has 0 heterocycles. The molecule has 64 heavy (non-hydrogen) atoms. The fourth-order valence-electron chi connectivity index (χ4n) is 6.96. The van der Waals surface area contributed by atoms with Gasteiger partial charge in [0.1, 0.15) is 0 Å². The van der Waals surface area contributed by atoms with Gasteiger partial charge in [0, 0.05) is 66.4 Å². The van der Waals surface area contributed by atoms with Crippen molar-refractivity contribution >= 4 is 46.4 Å². The van der Waals surface area contributed by atoms with E-state index in [1.165, 1.54) is 0 Å². The summed E-state index contributed by atoms with van der Waals surface area (Å²) in [5, 5.41) is 56.6. The number of aliphatic hydroxyl groups is 4. The largest absolute Gasteiger partial charge is 0.387 e. The van der Waals surface area contributed by atoms with Crippen LogP contribution in [-0.4, -0.2) is 66.7 Å². The first-order chi connectivity index (χ1) is 29.2. The molecule has 4 rings (SSSR count). The summed E-state index contributed by atoms with van der Waals surface area (Å²) in [7, 11) is 0. The van der Waals surface area contributed by atoms with E-state index in [0.29, 0.717) is 20.1 Å². The van der Waals surface area contributed by atoms with Crippen molar-refractivity contribution in [3.63, 3.8) is 0 Å². The number of hydrogen-bond donors (Lipinski definition) is 8. The summed E-state index contributed by atoms with van der Waals surface area (Å²) in [6.45, 7) is 32.8. The summed E-state index contributed by atoms with van der Waals surface area (Å²) < 4.78 is 0. The first-order valence-electron chi connectivity index (χ1n) is 22.0. The van der Waals surface area contributed by atoms with Crippen LogP contribution < -0.4 is 21.3 Å². The van der Waals surface area contributed by atoms with Crippen LogP contribution in [0.25, 0.3) is 0 Å². The monoisotopic (exact) mass is 964 g/mol. The quantitative estimate of drug-likeness (QED) is 0.0705. The summed E-state index contributed by atoms with van der Waals surface area (Å²) in [5.74, 6) is 0. The Labute approximate surface area is 406 Å². The number of halogens is 4. The van der Waals surface area contributed by atoms with Crippen LogP contribution in [0.15, 0.2) is 97.1 Å². The van der Waals surface area contributed by atoms with Gasteiger partial charge in [-0.15, -0.1) is 0 Å². The van der Waals surface area contributed by atoms with Gasteiger partial charge in [0.25, 0.3) is 0 Å². The topological polar surface area (TPSA) is 129 Å². The minimum atomic E-state index is -0.544. The molecule has 0 spiro atoms. The van der Waals surface area contributed by atoms with Crippen molar-refractivity contribution < 1.29 is 20.4 Å². The molecule has 0 radical (unpaired) electrons. The number of rotatable bonds is 12. The van der Waals surface area contributed by atoms with Gasteiger partial charge in [0.15, 0.2) is 0 Å². The predicted molar refractivity (Wildman–Crippen MR) is 275 cm³/mol. The van der Waals surface area contributed by atoms with Crippen LogP contribution >= 0.6 is 46.4 Å². The van der Waals surface area contributed by atoms with Crippen LogP contribution in [0, 0.1) is 0 Å². The fourth-order valence-corrected chi connectivity index (χ4v) is 7.76. The van der Waals surface area contributed by atoms with E-state index in [1.54, 1.807) is 48.5 Å². The number of benzene rings is 4. The smallest absolute Gasteiger partial charge is 0.0940 e. The second-order valence-corrected chi connectivity index (χ2v) is 22.5. The minimum absolute atomic E-state index is 0.0149. The molecular formula is C52H80Cl4N4O4. The highest BCUT2D eigenvalue weighted by molar-refractivity contribution is 6.31. The Bertz CT molecular complexity index is 1660. The second kappa shape index (κ2) is 26.9. The molecule has 4 aromatic rings. The van der Waals surface area contributed by atoms with E-state index in [4.69, 9.17) is 46.4 Å². The maximum absolute atomic E-state index is 10.2. The zero-order valence-corrected chi connectivity index (χ0v) is 44.2. The van der Waals surface area contributed by atoms with E-state index < -0.39 is 24.4 Å². The third-order valence-electron chi connectivity index (χ3n) is 9.30. The van der Waals surface area contributed by atoms with Gasteiger partial charge in [-0.25, -0.2) is 0 Å². The Morgan fingerprint density at radius 2 is 0.484 bits per heavy atom. The summed E-state index contributed by atoms with van der Waals surface area (Å²) in [6, 6.07) is 29.3. The first kappa shape index (κ1) is 59.7. The van der Waals surface area contributed by atoms with Crippen molar-refractivity contribution in [3.8, 4) is 0 Å². The van der Waals surface area contributed by atoms with Crippen LogP contribution in [0.5, 0.6) is 0 Å². The van der Waals surface area contributed by atoms with Crippen LogP contribution in [0.4, 0.5) is 0 Å². The van der Waals surface area contributed by atoms with E-state index >= 15 is 0 Å². The molecule has 0 bridgehead atoms. The van der Waals surface area contributed by atoms with Gasteiger partial charge in [-0.05, 0) is 182 Å². The maximum atomic E-state index is 10.2. The number of hydrogen-bond acceptors (Lipinski definition) is 8. The minimum Gasteiger partial charge on any atom is -0.387 e. The molecular weight excluding hydrogens is 886 g/mol. The third kappa shape index (κ3) is 25.6. The lowest BCUT2D eigenvalue weighted by Crippen LogP contribution is -2.44. The first-order valence-corrected chi connectivity index (χ1v) is 23.5. The summed E-state index contributed by atoms with van der Waals surface area (Å²) in [6.07, 6.45) is -2.17. The summed E-state index contributed by atoms with van der Waals surface area (Å²) >= 11 is 23.6. The average Bonchev–Trinajstić information content (AvgIpc) is 3.14. The highest BCUT2D eigenvalue weighted by Gasteiger charge is 2.24. The van der Waals surface area contributed by atoms with Gasteiger partial charge in [-0.2, -0.15) is 0 Å². The van der Waals surface area contributed by atoms with Crippen molar-refractivity contribution in [2.24, 2.45) is 0 Å². The Kier molecular flexibility index (Phi) is 25.1. The molecule has 0 aliphatic heterocycles. The average molecular weight is 967 g/mol. The highest BCUT2D eigenvalue weighted by atomic mass is 35.5. The van der Waals surface area contributed by atoms with Gasteiger partial charge in [0.2, 0.25) is 0 Å². The Morgan fingerprint density at radius 3 is 0.609 bits per heavy atom. The molecule has 0 saturated carbocycles. The van der Waals surface area contributed by atoms with Gasteiger partial charge < -0.3 is 41.7 Å². The zero-order valence-electron chi connectivity index (χ0n) is 41.2. The van der Waals surface area contributed by atoms with Crippen LogP contribution in [0.2, 0.25) is 20.1 Å².